The number of fused-ring (bicyclic) bond motifs is 1. The molecule has 0 aliphatic carbocycles. The van der Waals surface area contributed by atoms with Crippen LogP contribution in [0.2, 0.25) is 0 Å². The van der Waals surface area contributed by atoms with Gasteiger partial charge in [-0.15, -0.1) is 0 Å². The zero-order valence-corrected chi connectivity index (χ0v) is 13.8. The molecule has 5 heteroatoms. The summed E-state index contributed by atoms with van der Waals surface area (Å²) in [6, 6.07) is 6.79. The Kier molecular flexibility index (Phi) is 3.65. The topological polar surface area (TPSA) is 49.7 Å². The molecule has 0 spiro atoms. The molecule has 0 amide bonds. The first-order chi connectivity index (χ1) is 11.2. The minimum absolute atomic E-state index is 0.378. The average Bonchev–Trinajstić information content (AvgIpc) is 3.25. The van der Waals surface area contributed by atoms with Gasteiger partial charge >= 0.3 is 0 Å². The van der Waals surface area contributed by atoms with Gasteiger partial charge in [-0.1, -0.05) is 6.07 Å². The highest BCUT2D eigenvalue weighted by atomic mass is 15.2. The molecule has 3 heterocycles. The van der Waals surface area contributed by atoms with Crippen LogP contribution in [0.5, 0.6) is 0 Å². The summed E-state index contributed by atoms with van der Waals surface area (Å²) in [6.45, 7) is 7.31. The fourth-order valence-electron chi connectivity index (χ4n) is 3.60. The average molecular weight is 309 g/mol. The molecule has 1 aliphatic rings. The number of rotatable bonds is 4. The number of hydrogen-bond donors (Lipinski definition) is 1. The fourth-order valence-corrected chi connectivity index (χ4v) is 3.60. The summed E-state index contributed by atoms with van der Waals surface area (Å²) in [5.41, 5.74) is 4.76. The van der Waals surface area contributed by atoms with Crippen molar-refractivity contribution in [3.8, 4) is 0 Å². The van der Waals surface area contributed by atoms with Gasteiger partial charge in [-0.2, -0.15) is 0 Å². The molecule has 23 heavy (non-hydrogen) atoms. The van der Waals surface area contributed by atoms with Crippen LogP contribution in [0.25, 0.3) is 11.0 Å². The second kappa shape index (κ2) is 5.81. The predicted molar refractivity (Wildman–Crippen MR) is 91.1 cm³/mol. The molecular weight excluding hydrogens is 286 g/mol. The van der Waals surface area contributed by atoms with E-state index in [4.69, 9.17) is 4.98 Å². The van der Waals surface area contributed by atoms with Crippen molar-refractivity contribution in [1.29, 1.82) is 0 Å². The third-order valence-corrected chi connectivity index (χ3v) is 4.84. The number of benzene rings is 1. The van der Waals surface area contributed by atoms with Crippen molar-refractivity contribution < 1.29 is 0 Å². The molecule has 0 saturated carbocycles. The van der Waals surface area contributed by atoms with Crippen molar-refractivity contribution in [3.63, 3.8) is 0 Å². The Balaban J connectivity index is 1.61. The van der Waals surface area contributed by atoms with E-state index in [2.05, 4.69) is 51.5 Å². The molecule has 1 atom stereocenters. The molecule has 5 nitrogen and oxygen atoms in total. The highest BCUT2D eigenvalue weighted by Crippen LogP contribution is 2.32. The van der Waals surface area contributed by atoms with Gasteiger partial charge in [-0.3, -0.25) is 4.90 Å². The monoisotopic (exact) mass is 309 g/mol. The maximum Gasteiger partial charge on any atom is 0.124 e. The van der Waals surface area contributed by atoms with Crippen LogP contribution in [-0.2, 0) is 13.1 Å². The summed E-state index contributed by atoms with van der Waals surface area (Å²) in [5, 5.41) is 0. The third-order valence-electron chi connectivity index (χ3n) is 4.84. The molecule has 1 fully saturated rings. The second-order valence-corrected chi connectivity index (χ2v) is 6.44. The summed E-state index contributed by atoms with van der Waals surface area (Å²) in [7, 11) is 0. The van der Waals surface area contributed by atoms with E-state index in [0.717, 1.165) is 36.5 Å². The molecule has 120 valence electrons. The lowest BCUT2D eigenvalue weighted by Crippen LogP contribution is -2.24. The van der Waals surface area contributed by atoms with Crippen LogP contribution in [0.15, 0.2) is 30.7 Å². The molecule has 3 aromatic rings. The molecule has 1 N–H and O–H groups in total. The fraction of sp³-hybridized carbons (Fsp3) is 0.444. The van der Waals surface area contributed by atoms with Gasteiger partial charge in [-0.25, -0.2) is 9.97 Å². The number of aromatic amines is 1. The van der Waals surface area contributed by atoms with Crippen molar-refractivity contribution in [1.82, 2.24) is 24.4 Å². The van der Waals surface area contributed by atoms with Crippen molar-refractivity contribution in [2.45, 2.75) is 45.8 Å². The number of hydrogen-bond acceptors (Lipinski definition) is 3. The number of nitrogens with one attached hydrogen (secondary N) is 1. The Hall–Kier alpha value is -2.14. The van der Waals surface area contributed by atoms with Crippen LogP contribution in [0, 0.1) is 6.92 Å². The number of aryl methyl sites for hydroxylation is 2. The minimum atomic E-state index is 0.378. The highest BCUT2D eigenvalue weighted by molar-refractivity contribution is 5.75. The van der Waals surface area contributed by atoms with Gasteiger partial charge in [-0.05, 0) is 50.9 Å². The summed E-state index contributed by atoms with van der Waals surface area (Å²) in [4.78, 5) is 15.2. The summed E-state index contributed by atoms with van der Waals surface area (Å²) in [6.07, 6.45) is 6.30. The highest BCUT2D eigenvalue weighted by Gasteiger charge is 2.29. The smallest absolute Gasteiger partial charge is 0.124 e. The largest absolute Gasteiger partial charge is 0.341 e. The molecule has 0 unspecified atom stereocenters. The van der Waals surface area contributed by atoms with Gasteiger partial charge in [0.15, 0.2) is 0 Å². The summed E-state index contributed by atoms with van der Waals surface area (Å²) in [5.74, 6) is 1.10. The number of likely N-dealkylation sites (tertiary alicyclic amines) is 1. The summed E-state index contributed by atoms with van der Waals surface area (Å²) < 4.78 is 2.22. The first-order valence-electron chi connectivity index (χ1n) is 8.44. The zero-order valence-electron chi connectivity index (χ0n) is 13.8. The third kappa shape index (κ3) is 2.65. The van der Waals surface area contributed by atoms with Crippen LogP contribution in [-0.4, -0.2) is 31.0 Å². The van der Waals surface area contributed by atoms with Gasteiger partial charge < -0.3 is 9.55 Å². The summed E-state index contributed by atoms with van der Waals surface area (Å²) >= 11 is 0. The Morgan fingerprint density at radius 1 is 1.35 bits per heavy atom. The van der Waals surface area contributed by atoms with Crippen molar-refractivity contribution >= 4 is 11.0 Å². The van der Waals surface area contributed by atoms with Crippen LogP contribution in [0.3, 0.4) is 0 Å². The molecule has 1 aromatic carbocycles. The maximum atomic E-state index is 4.84. The lowest BCUT2D eigenvalue weighted by molar-refractivity contribution is 0.235. The quantitative estimate of drug-likeness (QED) is 0.803. The number of aromatic nitrogens is 4. The van der Waals surface area contributed by atoms with E-state index in [1.807, 2.05) is 12.5 Å². The van der Waals surface area contributed by atoms with Gasteiger partial charge in [0.2, 0.25) is 0 Å². The van der Waals surface area contributed by atoms with Gasteiger partial charge in [0.25, 0.3) is 0 Å². The van der Waals surface area contributed by atoms with Crippen LogP contribution < -0.4 is 0 Å². The van der Waals surface area contributed by atoms with Crippen molar-refractivity contribution in [3.05, 3.63) is 47.8 Å². The normalized spacial score (nSPS) is 19.0. The van der Waals surface area contributed by atoms with E-state index >= 15 is 0 Å². The van der Waals surface area contributed by atoms with E-state index in [1.54, 1.807) is 0 Å². The van der Waals surface area contributed by atoms with Crippen LogP contribution in [0.4, 0.5) is 0 Å². The Bertz CT molecular complexity index is 816. The lowest BCUT2D eigenvalue weighted by atomic mass is 10.2. The first kappa shape index (κ1) is 14.5. The molecule has 1 aliphatic heterocycles. The van der Waals surface area contributed by atoms with Gasteiger partial charge in [0.1, 0.15) is 5.82 Å². The molecule has 0 bridgehead atoms. The Labute approximate surface area is 136 Å². The minimum Gasteiger partial charge on any atom is -0.341 e. The molecular formula is C18H23N5. The van der Waals surface area contributed by atoms with Crippen LogP contribution >= 0.6 is 0 Å². The molecule has 4 rings (SSSR count). The van der Waals surface area contributed by atoms with E-state index in [-0.39, 0.29) is 0 Å². The number of imidazole rings is 2. The molecule has 1 saturated heterocycles. The standard InChI is InChI=1S/C18H23N5/c1-3-22-12-19-10-14(22)11-23-8-4-5-17(23)18-20-15-7-6-13(2)9-16(15)21-18/h6-7,9-10,12,17H,3-5,8,11H2,1-2H3,(H,20,21)/t17-/m1/s1. The lowest BCUT2D eigenvalue weighted by Gasteiger charge is -2.23. The molecule has 0 radical (unpaired) electrons. The SMILES string of the molecule is CCn1cncc1CN1CCC[C@@H]1c1nc2ccc(C)cc2[nH]1. The van der Waals surface area contributed by atoms with Crippen molar-refractivity contribution in [2.75, 3.05) is 6.54 Å². The number of nitrogens with zero attached hydrogens (tertiary/aromatic N) is 4. The van der Waals surface area contributed by atoms with E-state index < -0.39 is 0 Å². The van der Waals surface area contributed by atoms with Gasteiger partial charge in [0.05, 0.1) is 29.1 Å². The Morgan fingerprint density at radius 3 is 3.13 bits per heavy atom. The van der Waals surface area contributed by atoms with Gasteiger partial charge in [0, 0.05) is 19.3 Å². The number of H-pyrrole nitrogens is 1. The second-order valence-electron chi connectivity index (χ2n) is 6.44. The van der Waals surface area contributed by atoms with E-state index in [0.29, 0.717) is 6.04 Å². The first-order valence-corrected chi connectivity index (χ1v) is 8.44. The van der Waals surface area contributed by atoms with E-state index in [9.17, 15) is 0 Å². The van der Waals surface area contributed by atoms with Crippen LogP contribution in [0.1, 0.15) is 42.9 Å². The van der Waals surface area contributed by atoms with Crippen molar-refractivity contribution in [2.24, 2.45) is 0 Å². The Morgan fingerprint density at radius 2 is 2.26 bits per heavy atom. The predicted octanol–water partition coefficient (Wildman–Crippen LogP) is 3.42. The molecule has 2 aromatic heterocycles. The maximum absolute atomic E-state index is 4.84. The van der Waals surface area contributed by atoms with E-state index in [1.165, 1.54) is 24.1 Å². The zero-order chi connectivity index (χ0) is 15.8.